The van der Waals surface area contributed by atoms with Crippen LogP contribution in [0.5, 0.6) is 0 Å². The lowest BCUT2D eigenvalue weighted by Gasteiger charge is -2.14. The maximum absolute atomic E-state index is 12.5. The number of hydrogen-bond donors (Lipinski definition) is 1. The van der Waals surface area contributed by atoms with Crippen molar-refractivity contribution in [2.45, 2.75) is 12.1 Å². The fraction of sp³-hybridized carbons (Fsp3) is 0.0833. The topological polar surface area (TPSA) is 46.9 Å². The van der Waals surface area contributed by atoms with Gasteiger partial charge in [-0.15, -0.1) is 0 Å². The van der Waals surface area contributed by atoms with Gasteiger partial charge in [0, 0.05) is 16.3 Å². The highest BCUT2D eigenvalue weighted by Gasteiger charge is 2.16. The number of carbonyl (C=O) groups excluding carboxylic acids is 1. The minimum atomic E-state index is -0.108. The number of benzene rings is 3. The summed E-state index contributed by atoms with van der Waals surface area (Å²) in [5, 5.41) is 4.23. The van der Waals surface area contributed by atoms with Gasteiger partial charge in [0.2, 0.25) is 5.91 Å². The Labute approximate surface area is 184 Å². The number of nitrogens with zero attached hydrogens (tertiary/aromatic N) is 2. The van der Waals surface area contributed by atoms with Gasteiger partial charge in [-0.3, -0.25) is 9.36 Å². The number of hydrogen-bond acceptors (Lipinski definition) is 3. The van der Waals surface area contributed by atoms with Crippen molar-refractivity contribution in [1.29, 1.82) is 0 Å². The molecule has 0 atom stereocenters. The summed E-state index contributed by atoms with van der Waals surface area (Å²) in [5.41, 5.74) is 4.93. The van der Waals surface area contributed by atoms with Gasteiger partial charge in [-0.25, -0.2) is 4.98 Å². The number of thioether (sulfide) groups is 1. The van der Waals surface area contributed by atoms with Crippen LogP contribution in [0, 0.1) is 6.92 Å². The second kappa shape index (κ2) is 9.20. The first-order valence-corrected chi connectivity index (χ1v) is 10.9. The van der Waals surface area contributed by atoms with Crippen LogP contribution in [0.2, 0.25) is 5.02 Å². The predicted octanol–water partition coefficient (Wildman–Crippen LogP) is 6.23. The molecule has 1 N–H and O–H groups in total. The van der Waals surface area contributed by atoms with Gasteiger partial charge >= 0.3 is 0 Å². The summed E-state index contributed by atoms with van der Waals surface area (Å²) in [6.45, 7) is 2.07. The molecule has 0 aliphatic carbocycles. The predicted molar refractivity (Wildman–Crippen MR) is 125 cm³/mol. The largest absolute Gasteiger partial charge is 0.325 e. The van der Waals surface area contributed by atoms with Gasteiger partial charge in [0.1, 0.15) is 0 Å². The monoisotopic (exact) mass is 433 g/mol. The molecule has 3 aromatic carbocycles. The third-order valence-electron chi connectivity index (χ3n) is 4.60. The fourth-order valence-electron chi connectivity index (χ4n) is 3.19. The van der Waals surface area contributed by atoms with E-state index in [0.29, 0.717) is 10.7 Å². The van der Waals surface area contributed by atoms with E-state index in [1.165, 1.54) is 11.8 Å². The van der Waals surface area contributed by atoms with E-state index in [-0.39, 0.29) is 11.7 Å². The van der Waals surface area contributed by atoms with E-state index in [1.54, 1.807) is 12.1 Å². The highest BCUT2D eigenvalue weighted by molar-refractivity contribution is 7.99. The van der Waals surface area contributed by atoms with Crippen LogP contribution in [0.3, 0.4) is 0 Å². The summed E-state index contributed by atoms with van der Waals surface area (Å²) < 4.78 is 2.11. The molecule has 0 fully saturated rings. The van der Waals surface area contributed by atoms with Crippen LogP contribution in [-0.2, 0) is 4.79 Å². The van der Waals surface area contributed by atoms with Crippen molar-refractivity contribution in [3.05, 3.63) is 95.6 Å². The Kier molecular flexibility index (Phi) is 6.21. The Morgan fingerprint density at radius 3 is 2.57 bits per heavy atom. The normalized spacial score (nSPS) is 10.7. The second-order valence-corrected chi connectivity index (χ2v) is 8.14. The standard InChI is InChI=1S/C24H20ClN3OS/c1-17-8-5-6-13-21(17)28-22(18-9-3-2-4-10-18)15-26-24(28)30-16-23(29)27-20-12-7-11-19(25)14-20/h2-15H,16H2,1H3,(H,27,29). The maximum Gasteiger partial charge on any atom is 0.234 e. The van der Waals surface area contributed by atoms with E-state index in [4.69, 9.17) is 11.6 Å². The number of rotatable bonds is 6. The number of halogens is 1. The zero-order valence-corrected chi connectivity index (χ0v) is 18.0. The number of aryl methyl sites for hydroxylation is 1. The Morgan fingerprint density at radius 1 is 1.03 bits per heavy atom. The van der Waals surface area contributed by atoms with E-state index in [2.05, 4.69) is 46.1 Å². The molecule has 30 heavy (non-hydrogen) atoms. The van der Waals surface area contributed by atoms with Crippen LogP contribution >= 0.6 is 23.4 Å². The lowest BCUT2D eigenvalue weighted by Crippen LogP contribution is -2.14. The highest BCUT2D eigenvalue weighted by Crippen LogP contribution is 2.31. The Morgan fingerprint density at radius 2 is 1.80 bits per heavy atom. The van der Waals surface area contributed by atoms with Crippen molar-refractivity contribution in [1.82, 2.24) is 9.55 Å². The molecule has 0 spiro atoms. The summed E-state index contributed by atoms with van der Waals surface area (Å²) in [4.78, 5) is 17.1. The van der Waals surface area contributed by atoms with E-state index < -0.39 is 0 Å². The minimum absolute atomic E-state index is 0.108. The molecule has 1 aromatic heterocycles. The van der Waals surface area contributed by atoms with Crippen LogP contribution in [0.15, 0.2) is 90.2 Å². The van der Waals surface area contributed by atoms with E-state index in [9.17, 15) is 4.79 Å². The Bertz CT molecular complexity index is 1170. The zero-order valence-electron chi connectivity index (χ0n) is 16.4. The molecule has 0 aliphatic rings. The SMILES string of the molecule is Cc1ccccc1-n1c(-c2ccccc2)cnc1SCC(=O)Nc1cccc(Cl)c1. The quantitative estimate of drug-likeness (QED) is 0.366. The summed E-state index contributed by atoms with van der Waals surface area (Å²) in [7, 11) is 0. The minimum Gasteiger partial charge on any atom is -0.325 e. The van der Waals surface area contributed by atoms with Gasteiger partial charge in [0.05, 0.1) is 23.3 Å². The van der Waals surface area contributed by atoms with Crippen molar-refractivity contribution >= 4 is 35.0 Å². The van der Waals surface area contributed by atoms with Gasteiger partial charge in [0.15, 0.2) is 5.16 Å². The molecule has 4 aromatic rings. The van der Waals surface area contributed by atoms with Crippen LogP contribution in [0.1, 0.15) is 5.56 Å². The van der Waals surface area contributed by atoms with Crippen LogP contribution in [0.25, 0.3) is 16.9 Å². The molecular formula is C24H20ClN3OS. The van der Waals surface area contributed by atoms with Crippen LogP contribution in [0.4, 0.5) is 5.69 Å². The van der Waals surface area contributed by atoms with Gasteiger partial charge in [-0.1, -0.05) is 78.0 Å². The number of nitrogens with one attached hydrogen (secondary N) is 1. The summed E-state index contributed by atoms with van der Waals surface area (Å²) >= 11 is 7.40. The molecule has 1 amide bonds. The van der Waals surface area contributed by atoms with Crippen molar-refractivity contribution in [3.63, 3.8) is 0 Å². The van der Waals surface area contributed by atoms with Gasteiger partial charge in [0.25, 0.3) is 0 Å². The molecule has 4 rings (SSSR count). The van der Waals surface area contributed by atoms with Crippen molar-refractivity contribution in [2.24, 2.45) is 0 Å². The third kappa shape index (κ3) is 4.58. The fourth-order valence-corrected chi connectivity index (χ4v) is 4.17. The molecule has 1 heterocycles. The van der Waals surface area contributed by atoms with E-state index >= 15 is 0 Å². The lowest BCUT2D eigenvalue weighted by atomic mass is 10.1. The third-order valence-corrected chi connectivity index (χ3v) is 5.78. The number of imidazole rings is 1. The number of para-hydroxylation sites is 1. The van der Waals surface area contributed by atoms with E-state index in [0.717, 1.165) is 27.7 Å². The Hall–Kier alpha value is -3.02. The van der Waals surface area contributed by atoms with Gasteiger partial charge < -0.3 is 5.32 Å². The van der Waals surface area contributed by atoms with Crippen molar-refractivity contribution in [3.8, 4) is 16.9 Å². The summed E-state index contributed by atoms with van der Waals surface area (Å²) in [6.07, 6.45) is 1.86. The van der Waals surface area contributed by atoms with E-state index in [1.807, 2.05) is 48.7 Å². The number of aromatic nitrogens is 2. The van der Waals surface area contributed by atoms with Crippen molar-refractivity contribution < 1.29 is 4.79 Å². The molecule has 150 valence electrons. The van der Waals surface area contributed by atoms with Gasteiger partial charge in [-0.2, -0.15) is 0 Å². The number of anilines is 1. The molecule has 0 saturated carbocycles. The molecular weight excluding hydrogens is 414 g/mol. The molecule has 0 unspecified atom stereocenters. The maximum atomic E-state index is 12.5. The Balaban J connectivity index is 1.61. The van der Waals surface area contributed by atoms with Gasteiger partial charge in [-0.05, 0) is 36.8 Å². The van der Waals surface area contributed by atoms with Crippen LogP contribution < -0.4 is 5.32 Å². The first kappa shape index (κ1) is 20.3. The number of amides is 1. The highest BCUT2D eigenvalue weighted by atomic mass is 35.5. The number of carbonyl (C=O) groups is 1. The molecule has 0 radical (unpaired) electrons. The van der Waals surface area contributed by atoms with Crippen LogP contribution in [-0.4, -0.2) is 21.2 Å². The second-order valence-electron chi connectivity index (χ2n) is 6.76. The summed E-state index contributed by atoms with van der Waals surface area (Å²) in [5.74, 6) is 0.131. The lowest BCUT2D eigenvalue weighted by molar-refractivity contribution is -0.113. The first-order valence-electron chi connectivity index (χ1n) is 9.49. The molecule has 0 aliphatic heterocycles. The average Bonchev–Trinajstić information content (AvgIpc) is 3.17. The molecule has 0 saturated heterocycles. The molecule has 0 bridgehead atoms. The molecule has 6 heteroatoms. The summed E-state index contributed by atoms with van der Waals surface area (Å²) in [6, 6.07) is 25.4. The average molecular weight is 434 g/mol. The first-order chi connectivity index (χ1) is 14.6. The smallest absolute Gasteiger partial charge is 0.234 e. The molecule has 4 nitrogen and oxygen atoms in total. The zero-order chi connectivity index (χ0) is 20.9. The van der Waals surface area contributed by atoms with Crippen molar-refractivity contribution in [2.75, 3.05) is 11.1 Å².